The maximum absolute atomic E-state index is 9.60. The van der Waals surface area contributed by atoms with Gasteiger partial charge in [0.25, 0.3) is 0 Å². The maximum atomic E-state index is 9.60. The fraction of sp³-hybridized carbons (Fsp3) is 0. The van der Waals surface area contributed by atoms with Crippen molar-refractivity contribution in [1.82, 2.24) is 19.4 Å². The molecule has 7 nitrogen and oxygen atoms in total. The minimum Gasteiger partial charge on any atom is -0.492 e. The van der Waals surface area contributed by atoms with E-state index in [1.54, 1.807) is 6.20 Å². The summed E-state index contributed by atoms with van der Waals surface area (Å²) in [5.74, 6) is -0.535. The first kappa shape index (κ1) is 8.72. The van der Waals surface area contributed by atoms with Crippen LogP contribution < -0.4 is 0 Å². The van der Waals surface area contributed by atoms with E-state index < -0.39 is 6.01 Å². The quantitative estimate of drug-likeness (QED) is 0.504. The summed E-state index contributed by atoms with van der Waals surface area (Å²) in [6.45, 7) is 0. The fourth-order valence-electron chi connectivity index (χ4n) is 1.66. The molecule has 3 aromatic rings. The third kappa shape index (κ3) is 0.991. The van der Waals surface area contributed by atoms with Gasteiger partial charge in [-0.1, -0.05) is 0 Å². The summed E-state index contributed by atoms with van der Waals surface area (Å²) in [4.78, 5) is 10.9. The van der Waals surface area contributed by atoms with Gasteiger partial charge in [-0.15, -0.1) is 0 Å². The summed E-state index contributed by atoms with van der Waals surface area (Å²) < 4.78 is 1.49. The highest BCUT2D eigenvalue weighted by Crippen LogP contribution is 2.29. The number of hydrogen-bond donors (Lipinski definition) is 3. The molecule has 16 heavy (non-hydrogen) atoms. The Morgan fingerprint density at radius 1 is 1.06 bits per heavy atom. The van der Waals surface area contributed by atoms with Crippen molar-refractivity contribution in [3.8, 4) is 17.8 Å². The van der Waals surface area contributed by atoms with Crippen LogP contribution in [0.5, 0.6) is 17.8 Å². The smallest absolute Gasteiger partial charge is 0.317 e. The second-order valence-corrected chi connectivity index (χ2v) is 3.23. The molecule has 3 rings (SSSR count). The zero-order valence-corrected chi connectivity index (χ0v) is 7.86. The molecule has 0 radical (unpaired) electrons. The Hall–Kier alpha value is -2.57. The number of rotatable bonds is 0. The van der Waals surface area contributed by atoms with Gasteiger partial charge in [0.05, 0.1) is 0 Å². The molecule has 80 valence electrons. The predicted molar refractivity (Wildman–Crippen MR) is 53.3 cm³/mol. The van der Waals surface area contributed by atoms with E-state index in [-0.39, 0.29) is 11.8 Å². The molecule has 0 aliphatic carbocycles. The maximum Gasteiger partial charge on any atom is 0.317 e. The van der Waals surface area contributed by atoms with Gasteiger partial charge in [-0.25, -0.2) is 4.98 Å². The van der Waals surface area contributed by atoms with E-state index >= 15 is 0 Å². The van der Waals surface area contributed by atoms with Gasteiger partial charge >= 0.3 is 6.01 Å². The van der Waals surface area contributed by atoms with Crippen molar-refractivity contribution in [3.05, 3.63) is 18.5 Å². The van der Waals surface area contributed by atoms with Crippen molar-refractivity contribution in [2.24, 2.45) is 0 Å². The Kier molecular flexibility index (Phi) is 1.48. The molecule has 0 unspecified atom stereocenters. The van der Waals surface area contributed by atoms with E-state index in [4.69, 9.17) is 5.11 Å². The Balaban J connectivity index is 2.61. The molecule has 0 saturated heterocycles. The third-order valence-electron chi connectivity index (χ3n) is 2.30. The third-order valence-corrected chi connectivity index (χ3v) is 2.30. The highest BCUT2D eigenvalue weighted by Gasteiger charge is 2.13. The Morgan fingerprint density at radius 2 is 1.88 bits per heavy atom. The monoisotopic (exact) mass is 218 g/mol. The fourth-order valence-corrected chi connectivity index (χ4v) is 1.66. The summed E-state index contributed by atoms with van der Waals surface area (Å²) in [5.41, 5.74) is 1.02. The van der Waals surface area contributed by atoms with Gasteiger partial charge in [-0.05, 0) is 6.07 Å². The zero-order valence-electron chi connectivity index (χ0n) is 7.86. The van der Waals surface area contributed by atoms with Crippen LogP contribution in [0.4, 0.5) is 0 Å². The predicted octanol–water partition coefficient (Wildman–Crippen LogP) is 0.394. The van der Waals surface area contributed by atoms with Crippen LogP contribution in [0, 0.1) is 0 Å². The molecular formula is C9H6N4O3. The second kappa shape index (κ2) is 2.72. The first-order chi connectivity index (χ1) is 7.66. The number of aromatic hydroxyl groups is 3. The lowest BCUT2D eigenvalue weighted by Gasteiger charge is -1.99. The zero-order chi connectivity index (χ0) is 11.3. The molecular weight excluding hydrogens is 212 g/mol. The summed E-state index contributed by atoms with van der Waals surface area (Å²) in [7, 11) is 0. The highest BCUT2D eigenvalue weighted by molar-refractivity contribution is 5.88. The molecule has 0 bridgehead atoms. The van der Waals surface area contributed by atoms with Crippen LogP contribution in [0.2, 0.25) is 0 Å². The Morgan fingerprint density at radius 3 is 2.69 bits per heavy atom. The SMILES string of the molecule is Oc1nc(O)c2c(cc3c(O)nccn32)n1. The summed E-state index contributed by atoms with van der Waals surface area (Å²) in [5, 5.41) is 28.2. The average molecular weight is 218 g/mol. The van der Waals surface area contributed by atoms with E-state index in [1.165, 1.54) is 16.7 Å². The van der Waals surface area contributed by atoms with Crippen molar-refractivity contribution in [3.63, 3.8) is 0 Å². The van der Waals surface area contributed by atoms with Gasteiger partial charge in [0.1, 0.15) is 16.6 Å². The van der Waals surface area contributed by atoms with E-state index in [0.717, 1.165) is 0 Å². The van der Waals surface area contributed by atoms with Crippen LogP contribution in [0.3, 0.4) is 0 Å². The van der Waals surface area contributed by atoms with E-state index in [9.17, 15) is 10.2 Å². The first-order valence-corrected chi connectivity index (χ1v) is 4.41. The summed E-state index contributed by atoms with van der Waals surface area (Å²) in [6, 6.07) is 0.979. The van der Waals surface area contributed by atoms with Crippen LogP contribution in [0.1, 0.15) is 0 Å². The molecule has 0 aliphatic heterocycles. The second-order valence-electron chi connectivity index (χ2n) is 3.23. The van der Waals surface area contributed by atoms with Crippen LogP contribution in [0.15, 0.2) is 18.5 Å². The van der Waals surface area contributed by atoms with Crippen molar-refractivity contribution in [2.45, 2.75) is 0 Å². The molecule has 3 aromatic heterocycles. The topological polar surface area (TPSA) is 104 Å². The lowest BCUT2D eigenvalue weighted by molar-refractivity contribution is 0.403. The molecule has 0 amide bonds. The van der Waals surface area contributed by atoms with Gasteiger partial charge in [0, 0.05) is 12.4 Å². The number of nitrogens with zero attached hydrogens (tertiary/aromatic N) is 4. The number of hydrogen-bond acceptors (Lipinski definition) is 6. The van der Waals surface area contributed by atoms with Gasteiger partial charge < -0.3 is 19.7 Å². The van der Waals surface area contributed by atoms with Gasteiger partial charge in [-0.3, -0.25) is 0 Å². The minimum atomic E-state index is -0.520. The molecule has 3 N–H and O–H groups in total. The van der Waals surface area contributed by atoms with Gasteiger partial charge in [0.15, 0.2) is 0 Å². The van der Waals surface area contributed by atoms with Crippen LogP contribution in [-0.2, 0) is 0 Å². The molecule has 0 fully saturated rings. The van der Waals surface area contributed by atoms with Crippen molar-refractivity contribution < 1.29 is 15.3 Å². The molecule has 7 heteroatoms. The van der Waals surface area contributed by atoms with Crippen molar-refractivity contribution >= 4 is 16.6 Å². The molecule has 0 spiro atoms. The number of aromatic nitrogens is 4. The minimum absolute atomic E-state index is 0.181. The summed E-state index contributed by atoms with van der Waals surface area (Å²) in [6.07, 6.45) is 2.94. The molecule has 0 aromatic carbocycles. The normalized spacial score (nSPS) is 11.2. The Labute approximate surface area is 88.3 Å². The molecule has 0 saturated carbocycles. The standard InChI is InChI=1S/C9H6N4O3/c14-7-5-3-4-6(13(5)2-1-10-7)8(15)12-9(16)11-4/h1-3H,(H,10,14)(H2,11,12,15,16). The highest BCUT2D eigenvalue weighted by atomic mass is 16.3. The van der Waals surface area contributed by atoms with Crippen LogP contribution in [0.25, 0.3) is 16.6 Å². The lowest BCUT2D eigenvalue weighted by atomic mass is 10.4. The molecule has 0 aliphatic rings. The Bertz CT molecular complexity index is 707. The lowest BCUT2D eigenvalue weighted by Crippen LogP contribution is -1.88. The van der Waals surface area contributed by atoms with E-state index in [1.807, 2.05) is 0 Å². The largest absolute Gasteiger partial charge is 0.492 e. The van der Waals surface area contributed by atoms with Crippen molar-refractivity contribution in [2.75, 3.05) is 0 Å². The van der Waals surface area contributed by atoms with Crippen LogP contribution in [-0.4, -0.2) is 34.7 Å². The van der Waals surface area contributed by atoms with Gasteiger partial charge in [-0.2, -0.15) is 9.97 Å². The van der Waals surface area contributed by atoms with Crippen molar-refractivity contribution in [1.29, 1.82) is 0 Å². The van der Waals surface area contributed by atoms with Crippen LogP contribution >= 0.6 is 0 Å². The number of fused-ring (bicyclic) bond motifs is 3. The summed E-state index contributed by atoms with van der Waals surface area (Å²) >= 11 is 0. The molecule has 0 atom stereocenters. The first-order valence-electron chi connectivity index (χ1n) is 4.41. The average Bonchev–Trinajstić information content (AvgIpc) is 2.57. The molecule has 3 heterocycles. The van der Waals surface area contributed by atoms with E-state index in [2.05, 4.69) is 15.0 Å². The van der Waals surface area contributed by atoms with E-state index in [0.29, 0.717) is 16.6 Å². The van der Waals surface area contributed by atoms with Gasteiger partial charge in [0.2, 0.25) is 11.8 Å².